The molecule has 0 aliphatic rings. The maximum Gasteiger partial charge on any atom is 0.244 e. The molecule has 0 aliphatic carbocycles. The van der Waals surface area contributed by atoms with Gasteiger partial charge in [0.05, 0.1) is 0 Å². The van der Waals surface area contributed by atoms with Crippen molar-refractivity contribution >= 4 is 10.0 Å². The standard InChI is InChI=1S/C15H28N2O3S/c1-9(2)14(10(3)4)8-17-21(18,19)15-12(6)20-11(5)13(15)7-16/h9-10,14,17H,7-8,16H2,1-6H3. The average molecular weight is 316 g/mol. The van der Waals surface area contributed by atoms with E-state index in [1.54, 1.807) is 13.8 Å². The Balaban J connectivity index is 3.03. The lowest BCUT2D eigenvalue weighted by Crippen LogP contribution is -2.34. The molecule has 1 aromatic rings. The maximum atomic E-state index is 12.6. The minimum Gasteiger partial charge on any atom is -0.465 e. The van der Waals surface area contributed by atoms with Gasteiger partial charge in [-0.15, -0.1) is 0 Å². The van der Waals surface area contributed by atoms with E-state index in [9.17, 15) is 8.42 Å². The van der Waals surface area contributed by atoms with E-state index in [1.165, 1.54) is 0 Å². The summed E-state index contributed by atoms with van der Waals surface area (Å²) >= 11 is 0. The van der Waals surface area contributed by atoms with Crippen LogP contribution in [0.3, 0.4) is 0 Å². The minimum absolute atomic E-state index is 0.150. The molecule has 1 aromatic heterocycles. The molecule has 0 fully saturated rings. The molecule has 0 unspecified atom stereocenters. The van der Waals surface area contributed by atoms with Crippen LogP contribution in [0.1, 0.15) is 44.8 Å². The fourth-order valence-corrected chi connectivity index (χ4v) is 4.34. The van der Waals surface area contributed by atoms with Crippen molar-refractivity contribution in [2.45, 2.75) is 53.0 Å². The molecule has 0 radical (unpaired) electrons. The summed E-state index contributed by atoms with van der Waals surface area (Å²) in [7, 11) is -3.60. The van der Waals surface area contributed by atoms with Crippen LogP contribution in [0.2, 0.25) is 0 Å². The lowest BCUT2D eigenvalue weighted by Gasteiger charge is -2.25. The number of sulfonamides is 1. The number of hydrogen-bond donors (Lipinski definition) is 2. The third-order valence-corrected chi connectivity index (χ3v) is 5.64. The van der Waals surface area contributed by atoms with Crippen molar-refractivity contribution in [1.29, 1.82) is 0 Å². The molecule has 3 N–H and O–H groups in total. The molecule has 0 aromatic carbocycles. The maximum absolute atomic E-state index is 12.6. The van der Waals surface area contributed by atoms with Crippen molar-refractivity contribution in [2.75, 3.05) is 6.54 Å². The highest BCUT2D eigenvalue weighted by Crippen LogP contribution is 2.27. The Morgan fingerprint density at radius 2 is 1.62 bits per heavy atom. The Bertz CT molecular complexity index is 566. The van der Waals surface area contributed by atoms with Crippen molar-refractivity contribution < 1.29 is 12.8 Å². The second-order valence-electron chi connectivity index (χ2n) is 6.23. The highest BCUT2D eigenvalue weighted by molar-refractivity contribution is 7.89. The van der Waals surface area contributed by atoms with Crippen LogP contribution in [0, 0.1) is 31.6 Å². The summed E-state index contributed by atoms with van der Waals surface area (Å²) in [4.78, 5) is 0.203. The number of aryl methyl sites for hydroxylation is 2. The third kappa shape index (κ3) is 4.08. The van der Waals surface area contributed by atoms with Gasteiger partial charge in [0, 0.05) is 18.7 Å². The molecule has 0 amide bonds. The van der Waals surface area contributed by atoms with E-state index in [1.807, 2.05) is 0 Å². The summed E-state index contributed by atoms with van der Waals surface area (Å²) in [5, 5.41) is 0. The van der Waals surface area contributed by atoms with Crippen LogP contribution in [0.15, 0.2) is 9.31 Å². The molecule has 0 saturated heterocycles. The molecule has 0 bridgehead atoms. The van der Waals surface area contributed by atoms with Crippen LogP contribution in [-0.2, 0) is 16.6 Å². The summed E-state index contributed by atoms with van der Waals surface area (Å²) in [5.74, 6) is 2.07. The van der Waals surface area contributed by atoms with Crippen LogP contribution < -0.4 is 10.5 Å². The Kier molecular flexibility index (Phi) is 6.01. The van der Waals surface area contributed by atoms with E-state index in [0.29, 0.717) is 35.5 Å². The first-order valence-corrected chi connectivity index (χ1v) is 8.88. The van der Waals surface area contributed by atoms with Crippen molar-refractivity contribution in [1.82, 2.24) is 4.72 Å². The lowest BCUT2D eigenvalue weighted by molar-refractivity contribution is 0.289. The van der Waals surface area contributed by atoms with Gasteiger partial charge in [-0.2, -0.15) is 0 Å². The smallest absolute Gasteiger partial charge is 0.244 e. The highest BCUT2D eigenvalue weighted by atomic mass is 32.2. The van der Waals surface area contributed by atoms with Crippen LogP contribution in [0.25, 0.3) is 0 Å². The van der Waals surface area contributed by atoms with Gasteiger partial charge in [-0.25, -0.2) is 13.1 Å². The molecule has 0 atom stereocenters. The Morgan fingerprint density at radius 3 is 2.05 bits per heavy atom. The lowest BCUT2D eigenvalue weighted by atomic mass is 9.86. The Morgan fingerprint density at radius 1 is 1.10 bits per heavy atom. The Hall–Kier alpha value is -0.850. The third-order valence-electron chi connectivity index (χ3n) is 4.02. The minimum atomic E-state index is -3.60. The largest absolute Gasteiger partial charge is 0.465 e. The number of furan rings is 1. The van der Waals surface area contributed by atoms with Gasteiger partial charge in [0.15, 0.2) is 0 Å². The van der Waals surface area contributed by atoms with Crippen molar-refractivity contribution in [2.24, 2.45) is 23.5 Å². The Labute approximate surface area is 128 Å². The first kappa shape index (κ1) is 18.2. The van der Waals surface area contributed by atoms with Crippen molar-refractivity contribution in [3.63, 3.8) is 0 Å². The molecule has 0 saturated carbocycles. The topological polar surface area (TPSA) is 85.3 Å². The average Bonchev–Trinajstić information content (AvgIpc) is 2.63. The van der Waals surface area contributed by atoms with Crippen molar-refractivity contribution in [3.05, 3.63) is 17.1 Å². The van der Waals surface area contributed by atoms with Gasteiger partial charge in [0.25, 0.3) is 0 Å². The quantitative estimate of drug-likeness (QED) is 0.809. The van der Waals surface area contributed by atoms with E-state index in [4.69, 9.17) is 10.2 Å². The van der Waals surface area contributed by atoms with E-state index < -0.39 is 10.0 Å². The van der Waals surface area contributed by atoms with Gasteiger partial charge >= 0.3 is 0 Å². The number of nitrogens with one attached hydrogen (secondary N) is 1. The first-order valence-electron chi connectivity index (χ1n) is 7.40. The fraction of sp³-hybridized carbons (Fsp3) is 0.733. The van der Waals surface area contributed by atoms with Crippen LogP contribution in [-0.4, -0.2) is 15.0 Å². The van der Waals surface area contributed by atoms with E-state index in [2.05, 4.69) is 32.4 Å². The fourth-order valence-electron chi connectivity index (χ4n) is 2.82. The van der Waals surface area contributed by atoms with E-state index in [0.717, 1.165) is 0 Å². The van der Waals surface area contributed by atoms with Gasteiger partial charge in [0.1, 0.15) is 16.4 Å². The molecular weight excluding hydrogens is 288 g/mol. The van der Waals surface area contributed by atoms with Crippen LogP contribution >= 0.6 is 0 Å². The second-order valence-corrected chi connectivity index (χ2v) is 7.93. The zero-order valence-corrected chi connectivity index (χ0v) is 14.7. The summed E-state index contributed by atoms with van der Waals surface area (Å²) in [6.07, 6.45) is 0. The van der Waals surface area contributed by atoms with Gasteiger partial charge in [0.2, 0.25) is 10.0 Å². The summed E-state index contributed by atoms with van der Waals surface area (Å²) < 4.78 is 33.3. The molecule has 1 heterocycles. The predicted octanol–water partition coefficient (Wildman–Crippen LogP) is 2.56. The van der Waals surface area contributed by atoms with Gasteiger partial charge in [-0.3, -0.25) is 0 Å². The monoisotopic (exact) mass is 316 g/mol. The second kappa shape index (κ2) is 6.94. The van der Waals surface area contributed by atoms with Crippen LogP contribution in [0.4, 0.5) is 0 Å². The molecular formula is C15H28N2O3S. The molecule has 122 valence electrons. The summed E-state index contributed by atoms with van der Waals surface area (Å²) in [6, 6.07) is 0. The summed E-state index contributed by atoms with van der Waals surface area (Å²) in [5.41, 5.74) is 6.22. The van der Waals surface area contributed by atoms with E-state index >= 15 is 0 Å². The summed E-state index contributed by atoms with van der Waals surface area (Å²) in [6.45, 7) is 12.4. The van der Waals surface area contributed by atoms with Crippen LogP contribution in [0.5, 0.6) is 0 Å². The first-order chi connectivity index (χ1) is 9.61. The zero-order valence-electron chi connectivity index (χ0n) is 13.9. The molecule has 0 spiro atoms. The predicted molar refractivity (Wildman–Crippen MR) is 84.4 cm³/mol. The number of hydrogen-bond acceptors (Lipinski definition) is 4. The van der Waals surface area contributed by atoms with Gasteiger partial charge in [-0.05, 0) is 31.6 Å². The van der Waals surface area contributed by atoms with E-state index in [-0.39, 0.29) is 17.4 Å². The molecule has 21 heavy (non-hydrogen) atoms. The molecule has 1 rings (SSSR count). The van der Waals surface area contributed by atoms with Gasteiger partial charge < -0.3 is 10.2 Å². The number of nitrogens with two attached hydrogens (primary N) is 1. The van der Waals surface area contributed by atoms with Crippen molar-refractivity contribution in [3.8, 4) is 0 Å². The SMILES string of the molecule is Cc1oc(C)c(S(=O)(=O)NCC(C(C)C)C(C)C)c1CN. The normalized spacial score (nSPS) is 12.9. The molecule has 6 heteroatoms. The molecule has 0 aliphatic heterocycles. The molecule has 5 nitrogen and oxygen atoms in total. The zero-order chi connectivity index (χ0) is 16.4. The van der Waals surface area contributed by atoms with Gasteiger partial charge in [-0.1, -0.05) is 27.7 Å². The highest BCUT2D eigenvalue weighted by Gasteiger charge is 2.28. The number of rotatable bonds is 7.